The van der Waals surface area contributed by atoms with Gasteiger partial charge in [-0.05, 0) is 54.3 Å². The van der Waals surface area contributed by atoms with Gasteiger partial charge in [0.05, 0.1) is 6.54 Å². The molecule has 1 saturated heterocycles. The number of nitrogens with zero attached hydrogens (tertiary/aromatic N) is 4. The number of carbonyl (C=O) groups excluding carboxylic acids is 1. The number of piperidine rings is 1. The Morgan fingerprint density at radius 3 is 2.65 bits per heavy atom. The molecule has 0 amide bonds. The number of aryl methyl sites for hydroxylation is 1. The van der Waals surface area contributed by atoms with E-state index in [1.165, 1.54) is 17.3 Å². The van der Waals surface area contributed by atoms with Gasteiger partial charge in [-0.2, -0.15) is 0 Å². The molecule has 0 saturated carbocycles. The summed E-state index contributed by atoms with van der Waals surface area (Å²) in [5.41, 5.74) is 2.17. The number of ketones is 1. The van der Waals surface area contributed by atoms with E-state index in [9.17, 15) is 4.79 Å². The van der Waals surface area contributed by atoms with Gasteiger partial charge in [0.25, 0.3) is 0 Å². The van der Waals surface area contributed by atoms with Crippen molar-refractivity contribution in [3.8, 4) is 0 Å². The Bertz CT molecular complexity index is 1030. The molecule has 4 rings (SSSR count). The number of aromatic nitrogens is 3. The van der Waals surface area contributed by atoms with Crippen molar-refractivity contribution in [2.75, 3.05) is 13.1 Å². The highest BCUT2D eigenvalue weighted by atomic mass is 32.2. The van der Waals surface area contributed by atoms with Crippen molar-refractivity contribution in [2.45, 2.75) is 55.8 Å². The molecule has 1 aliphatic heterocycles. The highest BCUT2D eigenvalue weighted by Gasteiger charge is 2.27. The molecule has 164 valence electrons. The van der Waals surface area contributed by atoms with Gasteiger partial charge in [0.2, 0.25) is 0 Å². The number of hydrogen-bond acceptors (Lipinski definition) is 6. The summed E-state index contributed by atoms with van der Waals surface area (Å²) in [7, 11) is 1.91. The van der Waals surface area contributed by atoms with Crippen molar-refractivity contribution in [1.29, 1.82) is 0 Å². The molecule has 2 aromatic heterocycles. The molecule has 0 spiro atoms. The highest BCUT2D eigenvalue weighted by Crippen LogP contribution is 2.29. The second-order valence-electron chi connectivity index (χ2n) is 9.31. The molecule has 1 unspecified atom stereocenters. The van der Waals surface area contributed by atoms with E-state index in [1.807, 2.05) is 35.9 Å². The van der Waals surface area contributed by atoms with Crippen LogP contribution in [0.4, 0.5) is 0 Å². The largest absolute Gasteiger partial charge is 0.453 e. The first kappa shape index (κ1) is 21.8. The Morgan fingerprint density at radius 1 is 1.19 bits per heavy atom. The Balaban J connectivity index is 1.36. The first-order chi connectivity index (χ1) is 14.8. The normalized spacial score (nSPS) is 17.7. The summed E-state index contributed by atoms with van der Waals surface area (Å²) in [5.74, 6) is 1.20. The average Bonchev–Trinajstić information content (AvgIpc) is 3.36. The van der Waals surface area contributed by atoms with Crippen molar-refractivity contribution in [1.82, 2.24) is 19.7 Å². The molecule has 1 aromatic carbocycles. The maximum atomic E-state index is 13.1. The van der Waals surface area contributed by atoms with E-state index in [2.05, 4.69) is 48.0 Å². The van der Waals surface area contributed by atoms with E-state index in [0.717, 1.165) is 47.5 Å². The maximum absolute atomic E-state index is 13.1. The fourth-order valence-corrected chi connectivity index (χ4v) is 4.70. The van der Waals surface area contributed by atoms with Crippen molar-refractivity contribution >= 4 is 17.5 Å². The number of benzene rings is 1. The van der Waals surface area contributed by atoms with Gasteiger partial charge >= 0.3 is 0 Å². The summed E-state index contributed by atoms with van der Waals surface area (Å²) in [6.45, 7) is 9.04. The first-order valence-electron chi connectivity index (χ1n) is 10.8. The van der Waals surface area contributed by atoms with Crippen LogP contribution in [0.5, 0.6) is 0 Å². The van der Waals surface area contributed by atoms with Gasteiger partial charge in [-0.25, -0.2) is 0 Å². The molecule has 1 aliphatic rings. The van der Waals surface area contributed by atoms with Gasteiger partial charge in [0.15, 0.2) is 16.0 Å². The standard InChI is InChI=1S/C24H30N4O2S/c1-24(2,3)19-9-7-17(8-10-19)22(29)18-6-5-13-28(14-18)15-20-11-12-21(30-20)31-23-26-25-16-27(23)4/h7-12,16,18H,5-6,13-15H2,1-4H3. The fraction of sp³-hybridized carbons (Fsp3) is 0.458. The predicted molar refractivity (Wildman–Crippen MR) is 121 cm³/mol. The number of likely N-dealkylation sites (tertiary alicyclic amines) is 1. The minimum atomic E-state index is 0.0386. The number of Topliss-reactive ketones (excluding diaryl/α,β-unsaturated/α-hetero) is 1. The van der Waals surface area contributed by atoms with Crippen molar-refractivity contribution < 1.29 is 9.21 Å². The SMILES string of the molecule is Cn1cnnc1Sc1ccc(CN2CCCC(C(=O)c3ccc(C(C)(C)C)cc3)C2)o1. The number of carbonyl (C=O) groups is 1. The lowest BCUT2D eigenvalue weighted by atomic mass is 9.85. The lowest BCUT2D eigenvalue weighted by molar-refractivity contribution is 0.0801. The number of hydrogen-bond donors (Lipinski definition) is 0. The Labute approximate surface area is 188 Å². The van der Waals surface area contributed by atoms with Crippen LogP contribution in [0.15, 0.2) is 57.4 Å². The highest BCUT2D eigenvalue weighted by molar-refractivity contribution is 7.99. The van der Waals surface area contributed by atoms with E-state index in [0.29, 0.717) is 6.54 Å². The third kappa shape index (κ3) is 5.28. The summed E-state index contributed by atoms with van der Waals surface area (Å²) in [6, 6.07) is 12.1. The van der Waals surface area contributed by atoms with Gasteiger partial charge in [0.1, 0.15) is 12.1 Å². The molecule has 0 bridgehead atoms. The van der Waals surface area contributed by atoms with Crippen LogP contribution in [-0.4, -0.2) is 38.5 Å². The zero-order valence-corrected chi connectivity index (χ0v) is 19.5. The van der Waals surface area contributed by atoms with Crippen LogP contribution in [0.25, 0.3) is 0 Å². The Hall–Kier alpha value is -2.38. The van der Waals surface area contributed by atoms with E-state index in [-0.39, 0.29) is 17.1 Å². The van der Waals surface area contributed by atoms with Crippen LogP contribution in [-0.2, 0) is 19.0 Å². The maximum Gasteiger partial charge on any atom is 0.198 e. The summed E-state index contributed by atoms with van der Waals surface area (Å²) >= 11 is 1.46. The molecule has 1 atom stereocenters. The van der Waals surface area contributed by atoms with Crippen LogP contribution < -0.4 is 0 Å². The molecule has 3 aromatic rings. The lowest BCUT2D eigenvalue weighted by Gasteiger charge is -2.31. The van der Waals surface area contributed by atoms with Crippen molar-refractivity contribution in [3.63, 3.8) is 0 Å². The lowest BCUT2D eigenvalue weighted by Crippen LogP contribution is -2.38. The van der Waals surface area contributed by atoms with Crippen LogP contribution in [0.2, 0.25) is 0 Å². The second kappa shape index (κ2) is 9.01. The zero-order valence-electron chi connectivity index (χ0n) is 18.7. The number of rotatable bonds is 6. The fourth-order valence-electron chi connectivity index (χ4n) is 3.96. The molecule has 0 N–H and O–H groups in total. The monoisotopic (exact) mass is 438 g/mol. The zero-order chi connectivity index (χ0) is 22.0. The molecule has 1 fully saturated rings. The molecular formula is C24H30N4O2S. The van der Waals surface area contributed by atoms with Gasteiger partial charge in [-0.1, -0.05) is 45.0 Å². The Kier molecular flexibility index (Phi) is 6.34. The Morgan fingerprint density at radius 2 is 1.97 bits per heavy atom. The summed E-state index contributed by atoms with van der Waals surface area (Å²) in [4.78, 5) is 15.4. The summed E-state index contributed by atoms with van der Waals surface area (Å²) < 4.78 is 7.86. The van der Waals surface area contributed by atoms with Crippen molar-refractivity contribution in [3.05, 3.63) is 59.6 Å². The number of furan rings is 1. The van der Waals surface area contributed by atoms with E-state index in [4.69, 9.17) is 4.42 Å². The first-order valence-corrected chi connectivity index (χ1v) is 11.6. The van der Waals surface area contributed by atoms with Crippen LogP contribution in [0, 0.1) is 5.92 Å². The molecule has 31 heavy (non-hydrogen) atoms. The third-order valence-corrected chi connectivity index (χ3v) is 6.76. The minimum Gasteiger partial charge on any atom is -0.453 e. The summed E-state index contributed by atoms with van der Waals surface area (Å²) in [6.07, 6.45) is 3.65. The topological polar surface area (TPSA) is 64.2 Å². The van der Waals surface area contributed by atoms with Gasteiger partial charge < -0.3 is 8.98 Å². The van der Waals surface area contributed by atoms with Crippen LogP contribution in [0.1, 0.15) is 55.3 Å². The molecule has 3 heterocycles. The average molecular weight is 439 g/mol. The van der Waals surface area contributed by atoms with Crippen molar-refractivity contribution in [2.24, 2.45) is 13.0 Å². The van der Waals surface area contributed by atoms with Crippen LogP contribution in [0.3, 0.4) is 0 Å². The van der Waals surface area contributed by atoms with Gasteiger partial charge in [-0.15, -0.1) is 10.2 Å². The summed E-state index contributed by atoms with van der Waals surface area (Å²) in [5, 5.41) is 9.57. The smallest absolute Gasteiger partial charge is 0.198 e. The minimum absolute atomic E-state index is 0.0386. The van der Waals surface area contributed by atoms with Gasteiger partial charge in [0, 0.05) is 25.1 Å². The molecule has 6 nitrogen and oxygen atoms in total. The molecule has 0 aliphatic carbocycles. The molecular weight excluding hydrogens is 408 g/mol. The van der Waals surface area contributed by atoms with Gasteiger partial charge in [-0.3, -0.25) is 9.69 Å². The van der Waals surface area contributed by atoms with E-state index < -0.39 is 0 Å². The third-order valence-electron chi connectivity index (χ3n) is 5.79. The van der Waals surface area contributed by atoms with E-state index >= 15 is 0 Å². The quantitative estimate of drug-likeness (QED) is 0.507. The van der Waals surface area contributed by atoms with E-state index in [1.54, 1.807) is 6.33 Å². The van der Waals surface area contributed by atoms with Crippen LogP contribution >= 0.6 is 11.8 Å². The molecule has 7 heteroatoms. The molecule has 0 radical (unpaired) electrons. The predicted octanol–water partition coefficient (Wildman–Crippen LogP) is 4.95. The second-order valence-corrected chi connectivity index (χ2v) is 10.3.